The van der Waals surface area contributed by atoms with Crippen LogP contribution in [0, 0.1) is 22.7 Å². The highest BCUT2D eigenvalue weighted by Gasteiger charge is 2.79. The van der Waals surface area contributed by atoms with Gasteiger partial charge in [-0.15, -0.1) is 0 Å². The van der Waals surface area contributed by atoms with E-state index in [0.29, 0.717) is 30.5 Å². The molecule has 4 aliphatic carbocycles. The van der Waals surface area contributed by atoms with Crippen molar-refractivity contribution in [3.05, 3.63) is 102 Å². The molecule has 5 amide bonds. The molecule has 2 aromatic rings. The minimum Gasteiger partial charge on any atom is -0.390 e. The quantitative estimate of drug-likeness (QED) is 0.173. The summed E-state index contributed by atoms with van der Waals surface area (Å²) in [7, 11) is 0. The lowest BCUT2D eigenvalue weighted by Crippen LogP contribution is -2.69. The molecular formula is C48H53FN4O10S. The third kappa shape index (κ3) is 7.46. The summed E-state index contributed by atoms with van der Waals surface area (Å²) in [5, 5.41) is 30.1. The molecule has 338 valence electrons. The zero-order chi connectivity index (χ0) is 45.9. The Balaban J connectivity index is 0.879. The first-order valence-corrected chi connectivity index (χ1v) is 22.4. The molecule has 64 heavy (non-hydrogen) atoms. The summed E-state index contributed by atoms with van der Waals surface area (Å²) in [5.41, 5.74) is -2.82. The van der Waals surface area contributed by atoms with Gasteiger partial charge >= 0.3 is 0 Å². The molecule has 0 bridgehead atoms. The Bertz CT molecular complexity index is 2390. The first-order chi connectivity index (χ1) is 30.3. The first-order valence-electron chi connectivity index (χ1n) is 21.6. The van der Waals surface area contributed by atoms with Crippen molar-refractivity contribution >= 4 is 52.8 Å². The van der Waals surface area contributed by atoms with Gasteiger partial charge < -0.3 is 35.6 Å². The Hall–Kier alpha value is -5.26. The largest absolute Gasteiger partial charge is 0.390 e. The molecule has 4 fully saturated rings. The number of Topliss-reactive ketones (excluding diaryl/α,β-unsaturated/α-hetero) is 1. The van der Waals surface area contributed by atoms with Crippen molar-refractivity contribution in [2.24, 2.45) is 22.7 Å². The van der Waals surface area contributed by atoms with Crippen molar-refractivity contribution in [1.82, 2.24) is 15.5 Å². The average Bonchev–Trinajstić information content (AvgIpc) is 3.88. The van der Waals surface area contributed by atoms with E-state index in [1.54, 1.807) is 18.2 Å². The topological polar surface area (TPSA) is 201 Å². The SMILES string of the molecule is C=C1C=C[C@@]2(C)C(=C1)CC[C@H]1[C@@H]3C[C@H]4O[C@@H](c5ccc(Sc6cccc(NC(=O)[C@H](C)NC(=O)[C@H](C)NC(=O)CCN7C(=O)C=CC7=O)c6)cc5)O[C@@]4(C(=O)CO)[C@@]3(C)C[C@H](O)[C@@]12F. The first kappa shape index (κ1) is 45.3. The number of imide groups is 1. The predicted octanol–water partition coefficient (Wildman–Crippen LogP) is 4.78. The van der Waals surface area contributed by atoms with Gasteiger partial charge in [0.1, 0.15) is 18.7 Å². The van der Waals surface area contributed by atoms with Gasteiger partial charge in [0.2, 0.25) is 17.7 Å². The van der Waals surface area contributed by atoms with E-state index < -0.39 is 101 Å². The Kier molecular flexibility index (Phi) is 12.0. The van der Waals surface area contributed by atoms with Crippen LogP contribution in [0.1, 0.15) is 71.7 Å². The molecule has 2 aliphatic heterocycles. The molecule has 16 heteroatoms. The molecule has 0 spiro atoms. The number of ether oxygens (including phenoxy) is 2. The molecule has 6 aliphatic rings. The van der Waals surface area contributed by atoms with Crippen molar-refractivity contribution in [1.29, 1.82) is 0 Å². The minimum atomic E-state index is -1.99. The van der Waals surface area contributed by atoms with Crippen molar-refractivity contribution < 1.29 is 52.8 Å². The van der Waals surface area contributed by atoms with E-state index in [1.165, 1.54) is 25.6 Å². The summed E-state index contributed by atoms with van der Waals surface area (Å²) in [6.07, 6.45) is 5.92. The van der Waals surface area contributed by atoms with Crippen LogP contribution in [0.25, 0.3) is 0 Å². The number of halogens is 1. The number of nitrogens with one attached hydrogen (secondary N) is 3. The number of fused-ring (bicyclic) bond motifs is 7. The summed E-state index contributed by atoms with van der Waals surface area (Å²) in [6.45, 7) is 9.82. The number of alkyl halides is 1. The van der Waals surface area contributed by atoms with Gasteiger partial charge in [0.15, 0.2) is 23.3 Å². The lowest BCUT2D eigenvalue weighted by atomic mass is 9.44. The number of allylic oxidation sites excluding steroid dienone is 5. The molecule has 0 radical (unpaired) electrons. The van der Waals surface area contributed by atoms with Gasteiger partial charge in [0.25, 0.3) is 11.8 Å². The van der Waals surface area contributed by atoms with Gasteiger partial charge in [-0.2, -0.15) is 0 Å². The van der Waals surface area contributed by atoms with E-state index in [1.807, 2.05) is 62.4 Å². The number of hydrogen-bond donors (Lipinski definition) is 5. The molecule has 11 atom stereocenters. The van der Waals surface area contributed by atoms with E-state index >= 15 is 4.39 Å². The van der Waals surface area contributed by atoms with Crippen LogP contribution in [0.15, 0.2) is 106 Å². The average molecular weight is 897 g/mol. The Morgan fingerprint density at radius 1 is 0.969 bits per heavy atom. The maximum absolute atomic E-state index is 17.8. The van der Waals surface area contributed by atoms with Crippen molar-refractivity contribution in [3.8, 4) is 0 Å². The van der Waals surface area contributed by atoms with Crippen LogP contribution >= 0.6 is 11.8 Å². The second-order valence-corrected chi connectivity index (χ2v) is 19.3. The molecule has 3 saturated carbocycles. The predicted molar refractivity (Wildman–Crippen MR) is 233 cm³/mol. The fourth-order valence-electron chi connectivity index (χ4n) is 11.2. The maximum Gasteiger partial charge on any atom is 0.253 e. The van der Waals surface area contributed by atoms with Crippen LogP contribution in [0.5, 0.6) is 0 Å². The third-order valence-corrected chi connectivity index (χ3v) is 15.5. The Morgan fingerprint density at radius 3 is 2.38 bits per heavy atom. The van der Waals surface area contributed by atoms with Crippen molar-refractivity contribution in [2.75, 3.05) is 18.5 Å². The molecule has 2 heterocycles. The van der Waals surface area contributed by atoms with E-state index in [2.05, 4.69) is 22.5 Å². The number of ketones is 1. The fraction of sp³-hybridized carbons (Fsp3) is 0.458. The van der Waals surface area contributed by atoms with E-state index in [-0.39, 0.29) is 25.3 Å². The number of amides is 5. The van der Waals surface area contributed by atoms with Crippen LogP contribution in [0.4, 0.5) is 10.1 Å². The summed E-state index contributed by atoms with van der Waals surface area (Å²) >= 11 is 1.43. The smallest absolute Gasteiger partial charge is 0.253 e. The number of aliphatic hydroxyl groups is 2. The highest BCUT2D eigenvalue weighted by molar-refractivity contribution is 7.99. The highest BCUT2D eigenvalue weighted by Crippen LogP contribution is 2.72. The lowest BCUT2D eigenvalue weighted by molar-refractivity contribution is -0.231. The van der Waals surface area contributed by atoms with Crippen LogP contribution in [0.2, 0.25) is 0 Å². The second kappa shape index (κ2) is 16.9. The van der Waals surface area contributed by atoms with Crippen LogP contribution in [0.3, 0.4) is 0 Å². The second-order valence-electron chi connectivity index (χ2n) is 18.2. The number of benzene rings is 2. The number of carbonyl (C=O) groups excluding carboxylic acids is 6. The van der Waals surface area contributed by atoms with Crippen molar-refractivity contribution in [3.63, 3.8) is 0 Å². The Morgan fingerprint density at radius 2 is 1.67 bits per heavy atom. The zero-order valence-corrected chi connectivity index (χ0v) is 36.9. The number of nitrogens with zero attached hydrogens (tertiary/aromatic N) is 1. The van der Waals surface area contributed by atoms with Gasteiger partial charge in [0.05, 0.1) is 12.2 Å². The molecule has 0 unspecified atom stereocenters. The lowest BCUT2D eigenvalue weighted by Gasteiger charge is -2.62. The summed E-state index contributed by atoms with van der Waals surface area (Å²) in [5.74, 6) is -4.13. The van der Waals surface area contributed by atoms with Gasteiger partial charge in [-0.25, -0.2) is 4.39 Å². The zero-order valence-electron chi connectivity index (χ0n) is 36.1. The van der Waals surface area contributed by atoms with Gasteiger partial charge in [-0.1, -0.05) is 67.3 Å². The van der Waals surface area contributed by atoms with E-state index in [9.17, 15) is 39.0 Å². The minimum absolute atomic E-state index is 0.0448. The normalized spacial score (nSPS) is 33.4. The molecule has 0 aromatic heterocycles. The maximum atomic E-state index is 17.8. The molecular weight excluding hydrogens is 844 g/mol. The highest BCUT2D eigenvalue weighted by atomic mass is 32.2. The number of aliphatic hydroxyl groups excluding tert-OH is 2. The summed E-state index contributed by atoms with van der Waals surface area (Å²) in [4.78, 5) is 78.2. The monoisotopic (exact) mass is 896 g/mol. The molecule has 2 aromatic carbocycles. The van der Waals surface area contributed by atoms with Gasteiger partial charge in [0, 0.05) is 62.9 Å². The molecule has 5 N–H and O–H groups in total. The standard InChI is InChI=1S/C48H53FN4O10S/c1-26-17-19-45(4)30(21-26)11-14-34-35-23-38-48(37(56)25-54,46(35,5)24-36(55)47(34,45)49)63-44(62-38)29-9-12-32(13-10-29)64-33-8-6-7-31(22-33)52-43(61)28(3)51-42(60)27(2)50-39(57)18-20-53-40(58)15-16-41(53)59/h6-10,12-13,15-17,19,21-22,27-28,34-36,38,44,54-55H,1,11,14,18,20,23-25H2,2-5H3,(H,50,57)(H,51,60)(H,52,61)/t27-,28-,34-,35-,36-,38+,44+,45-,46-,47-,48+/m0/s1. The van der Waals surface area contributed by atoms with Crippen LogP contribution in [-0.2, 0) is 38.2 Å². The Labute approximate surface area is 374 Å². The van der Waals surface area contributed by atoms with Gasteiger partial charge in [-0.05, 0) is 88.3 Å². The van der Waals surface area contributed by atoms with E-state index in [0.717, 1.165) is 38.0 Å². The van der Waals surface area contributed by atoms with Crippen molar-refractivity contribution in [2.45, 2.75) is 111 Å². The summed E-state index contributed by atoms with van der Waals surface area (Å²) in [6, 6.07) is 12.6. The van der Waals surface area contributed by atoms with Gasteiger partial charge in [-0.3, -0.25) is 33.7 Å². The number of anilines is 1. The third-order valence-electron chi connectivity index (χ3n) is 14.5. The van der Waals surface area contributed by atoms with E-state index in [4.69, 9.17) is 9.47 Å². The molecule has 1 saturated heterocycles. The molecule has 14 nitrogen and oxygen atoms in total. The summed E-state index contributed by atoms with van der Waals surface area (Å²) < 4.78 is 31.1. The van der Waals surface area contributed by atoms with Crippen LogP contribution < -0.4 is 16.0 Å². The number of hydrogen-bond acceptors (Lipinski definition) is 11. The number of rotatable bonds is 13. The fourth-order valence-corrected chi connectivity index (χ4v) is 12.0. The molecule has 8 rings (SSSR count). The van der Waals surface area contributed by atoms with Crippen LogP contribution in [-0.4, -0.2) is 99.1 Å². The number of carbonyl (C=O) groups is 6.